The Balaban J connectivity index is 2.11. The van der Waals surface area contributed by atoms with Gasteiger partial charge in [0.1, 0.15) is 11.9 Å². The number of hydrogen-bond acceptors (Lipinski definition) is 4. The van der Waals surface area contributed by atoms with E-state index < -0.39 is 0 Å². The maximum absolute atomic E-state index is 9.28. The van der Waals surface area contributed by atoms with Crippen molar-refractivity contribution >= 4 is 16.7 Å². The Bertz CT molecular complexity index is 609. The molecule has 0 bridgehead atoms. The lowest BCUT2D eigenvalue weighted by Gasteiger charge is -2.29. The van der Waals surface area contributed by atoms with Crippen molar-refractivity contribution in [2.75, 3.05) is 31.1 Å². The highest BCUT2D eigenvalue weighted by Crippen LogP contribution is 2.23. The van der Waals surface area contributed by atoms with Crippen molar-refractivity contribution in [3.05, 3.63) is 35.9 Å². The fraction of sp³-hybridized carbons (Fsp3) is 0.286. The van der Waals surface area contributed by atoms with Crippen LogP contribution in [0.5, 0.6) is 0 Å². The van der Waals surface area contributed by atoms with Gasteiger partial charge in [0.2, 0.25) is 0 Å². The first-order valence-electron chi connectivity index (χ1n) is 6.14. The summed E-state index contributed by atoms with van der Waals surface area (Å²) in [4.78, 5) is 6.83. The second-order valence-electron chi connectivity index (χ2n) is 4.40. The molecule has 0 aliphatic carbocycles. The van der Waals surface area contributed by atoms with Gasteiger partial charge < -0.3 is 10.2 Å². The van der Waals surface area contributed by atoms with Gasteiger partial charge in [-0.3, -0.25) is 0 Å². The lowest BCUT2D eigenvalue weighted by molar-refractivity contribution is 0.585. The van der Waals surface area contributed by atoms with Crippen LogP contribution in [-0.2, 0) is 0 Å². The molecule has 1 N–H and O–H groups in total. The summed E-state index contributed by atoms with van der Waals surface area (Å²) < 4.78 is 0. The van der Waals surface area contributed by atoms with Gasteiger partial charge in [-0.15, -0.1) is 0 Å². The monoisotopic (exact) mass is 238 g/mol. The van der Waals surface area contributed by atoms with Crippen LogP contribution < -0.4 is 10.2 Å². The van der Waals surface area contributed by atoms with E-state index >= 15 is 0 Å². The molecule has 0 spiro atoms. The first kappa shape index (κ1) is 11.0. The maximum atomic E-state index is 9.28. The van der Waals surface area contributed by atoms with Crippen molar-refractivity contribution in [1.82, 2.24) is 10.3 Å². The van der Waals surface area contributed by atoms with Crippen molar-refractivity contribution in [2.45, 2.75) is 0 Å². The number of aromatic nitrogens is 1. The van der Waals surface area contributed by atoms with Crippen LogP contribution in [-0.4, -0.2) is 31.2 Å². The van der Waals surface area contributed by atoms with E-state index in [4.69, 9.17) is 0 Å². The summed E-state index contributed by atoms with van der Waals surface area (Å²) >= 11 is 0. The number of piperazine rings is 1. The zero-order chi connectivity index (χ0) is 12.4. The molecule has 0 amide bonds. The Morgan fingerprint density at radius 3 is 2.78 bits per heavy atom. The number of nitrogens with zero attached hydrogens (tertiary/aromatic N) is 3. The van der Waals surface area contributed by atoms with Gasteiger partial charge in [0, 0.05) is 31.6 Å². The molecule has 1 aliphatic rings. The van der Waals surface area contributed by atoms with E-state index in [2.05, 4.69) is 21.3 Å². The molecule has 2 aromatic rings. The van der Waals surface area contributed by atoms with Crippen LogP contribution in [0.1, 0.15) is 5.56 Å². The second kappa shape index (κ2) is 4.63. The lowest BCUT2D eigenvalue weighted by atomic mass is 10.1. The molecule has 1 fully saturated rings. The lowest BCUT2D eigenvalue weighted by Crippen LogP contribution is -2.44. The third-order valence-corrected chi connectivity index (χ3v) is 3.24. The van der Waals surface area contributed by atoms with Crippen molar-refractivity contribution in [3.8, 4) is 6.07 Å². The van der Waals surface area contributed by atoms with Gasteiger partial charge in [0.15, 0.2) is 0 Å². The van der Waals surface area contributed by atoms with Crippen molar-refractivity contribution in [1.29, 1.82) is 5.26 Å². The Morgan fingerprint density at radius 2 is 2.00 bits per heavy atom. The summed E-state index contributed by atoms with van der Waals surface area (Å²) in [5.41, 5.74) is 1.61. The van der Waals surface area contributed by atoms with Crippen LogP contribution >= 0.6 is 0 Å². The van der Waals surface area contributed by atoms with Crippen molar-refractivity contribution in [2.24, 2.45) is 0 Å². The summed E-state index contributed by atoms with van der Waals surface area (Å²) in [5, 5.41) is 13.6. The minimum atomic E-state index is 0.663. The molecule has 0 atom stereocenters. The minimum Gasteiger partial charge on any atom is -0.353 e. The number of nitrogens with one attached hydrogen (secondary N) is 1. The van der Waals surface area contributed by atoms with Crippen LogP contribution in [0.4, 0.5) is 5.82 Å². The maximum Gasteiger partial charge on any atom is 0.147 e. The average Bonchev–Trinajstić information content (AvgIpc) is 2.46. The molecule has 90 valence electrons. The number of anilines is 1. The molecule has 0 saturated carbocycles. The van der Waals surface area contributed by atoms with E-state index in [1.54, 1.807) is 0 Å². The van der Waals surface area contributed by atoms with Gasteiger partial charge in [-0.1, -0.05) is 18.2 Å². The molecule has 0 radical (unpaired) electrons. The zero-order valence-corrected chi connectivity index (χ0v) is 10.1. The summed E-state index contributed by atoms with van der Waals surface area (Å²) in [6, 6.07) is 12.1. The Labute approximate surface area is 106 Å². The minimum absolute atomic E-state index is 0.663. The van der Waals surface area contributed by atoms with Gasteiger partial charge in [0.05, 0.1) is 11.1 Å². The highest BCUT2D eigenvalue weighted by molar-refractivity contribution is 5.83. The zero-order valence-electron chi connectivity index (χ0n) is 10.1. The summed E-state index contributed by atoms with van der Waals surface area (Å²) in [7, 11) is 0. The third-order valence-electron chi connectivity index (χ3n) is 3.24. The van der Waals surface area contributed by atoms with E-state index in [1.807, 2.05) is 30.3 Å². The van der Waals surface area contributed by atoms with Crippen LogP contribution in [0.25, 0.3) is 10.9 Å². The molecule has 1 aliphatic heterocycles. The molecule has 4 heteroatoms. The van der Waals surface area contributed by atoms with Gasteiger partial charge in [-0.05, 0) is 12.1 Å². The standard InChI is InChI=1S/C14H14N4/c15-10-12-9-11-3-1-2-4-13(11)17-14(12)18-7-5-16-6-8-18/h1-4,9,16H,5-8H2. The SMILES string of the molecule is N#Cc1cc2ccccc2nc1N1CCNCC1. The number of benzene rings is 1. The largest absolute Gasteiger partial charge is 0.353 e. The number of para-hydroxylation sites is 1. The molecule has 1 saturated heterocycles. The molecule has 0 unspecified atom stereocenters. The molecule has 2 heterocycles. The van der Waals surface area contributed by atoms with Crippen molar-refractivity contribution < 1.29 is 0 Å². The molecule has 3 rings (SSSR count). The molecule has 18 heavy (non-hydrogen) atoms. The highest BCUT2D eigenvalue weighted by atomic mass is 15.2. The predicted octanol–water partition coefficient (Wildman–Crippen LogP) is 1.52. The Morgan fingerprint density at radius 1 is 1.22 bits per heavy atom. The first-order valence-corrected chi connectivity index (χ1v) is 6.14. The molecule has 1 aromatic heterocycles. The quantitative estimate of drug-likeness (QED) is 0.818. The van der Waals surface area contributed by atoms with Crippen molar-refractivity contribution in [3.63, 3.8) is 0 Å². The van der Waals surface area contributed by atoms with Gasteiger partial charge in [-0.25, -0.2) is 4.98 Å². The summed E-state index contributed by atoms with van der Waals surface area (Å²) in [6.07, 6.45) is 0. The molecular formula is C14H14N4. The van der Waals surface area contributed by atoms with Gasteiger partial charge in [-0.2, -0.15) is 5.26 Å². The fourth-order valence-electron chi connectivity index (χ4n) is 2.31. The number of rotatable bonds is 1. The summed E-state index contributed by atoms with van der Waals surface area (Å²) in [6.45, 7) is 3.69. The van der Waals surface area contributed by atoms with E-state index in [0.29, 0.717) is 5.56 Å². The number of hydrogen-bond donors (Lipinski definition) is 1. The van der Waals surface area contributed by atoms with E-state index in [1.165, 1.54) is 0 Å². The predicted molar refractivity (Wildman–Crippen MR) is 71.5 cm³/mol. The van der Waals surface area contributed by atoms with Gasteiger partial charge in [0.25, 0.3) is 0 Å². The van der Waals surface area contributed by atoms with Crippen LogP contribution in [0.2, 0.25) is 0 Å². The number of nitriles is 1. The Kier molecular flexibility index (Phi) is 2.83. The van der Waals surface area contributed by atoms with Crippen LogP contribution in [0.3, 0.4) is 0 Å². The normalized spacial score (nSPS) is 15.6. The molecular weight excluding hydrogens is 224 g/mol. The fourth-order valence-corrected chi connectivity index (χ4v) is 2.31. The highest BCUT2D eigenvalue weighted by Gasteiger charge is 2.16. The number of pyridine rings is 1. The molecule has 1 aromatic carbocycles. The first-order chi connectivity index (χ1) is 8.88. The second-order valence-corrected chi connectivity index (χ2v) is 4.40. The van der Waals surface area contributed by atoms with E-state index in [-0.39, 0.29) is 0 Å². The van der Waals surface area contributed by atoms with E-state index in [0.717, 1.165) is 42.9 Å². The topological polar surface area (TPSA) is 52.0 Å². The average molecular weight is 238 g/mol. The van der Waals surface area contributed by atoms with Gasteiger partial charge >= 0.3 is 0 Å². The summed E-state index contributed by atoms with van der Waals surface area (Å²) in [5.74, 6) is 0.817. The smallest absolute Gasteiger partial charge is 0.147 e. The van der Waals surface area contributed by atoms with Crippen LogP contribution in [0, 0.1) is 11.3 Å². The molecule has 4 nitrogen and oxygen atoms in total. The third kappa shape index (κ3) is 1.89. The van der Waals surface area contributed by atoms with E-state index in [9.17, 15) is 5.26 Å². The number of fused-ring (bicyclic) bond motifs is 1. The van der Waals surface area contributed by atoms with Crippen LogP contribution in [0.15, 0.2) is 30.3 Å². The Hall–Kier alpha value is -2.12.